The lowest BCUT2D eigenvalue weighted by Gasteiger charge is -2.03. The van der Waals surface area contributed by atoms with Gasteiger partial charge in [0.05, 0.1) is 18.5 Å². The van der Waals surface area contributed by atoms with Crippen LogP contribution in [-0.4, -0.2) is 16.5 Å². The van der Waals surface area contributed by atoms with Crippen molar-refractivity contribution >= 4 is 16.3 Å². The highest BCUT2D eigenvalue weighted by Crippen LogP contribution is 2.27. The molecule has 0 bridgehead atoms. The molecule has 3 rings (SSSR count). The van der Waals surface area contributed by atoms with Gasteiger partial charge in [-0.1, -0.05) is 0 Å². The number of benzene rings is 1. The monoisotopic (exact) mass is 259 g/mol. The third kappa shape index (κ3) is 1.68. The molecule has 0 radical (unpaired) electrons. The Hall–Kier alpha value is -1.85. The van der Waals surface area contributed by atoms with Crippen molar-refractivity contribution in [3.63, 3.8) is 0 Å². The van der Waals surface area contributed by atoms with Crippen molar-refractivity contribution in [3.8, 4) is 17.0 Å². The molecule has 0 spiro atoms. The normalized spacial score (nSPS) is 11.0. The molecule has 2 heterocycles. The Kier molecular flexibility index (Phi) is 2.77. The van der Waals surface area contributed by atoms with Gasteiger partial charge in [-0.2, -0.15) is 0 Å². The van der Waals surface area contributed by atoms with Gasteiger partial charge in [0.1, 0.15) is 5.75 Å². The summed E-state index contributed by atoms with van der Waals surface area (Å²) in [5.41, 5.74) is 8.88. The van der Waals surface area contributed by atoms with Crippen LogP contribution in [0.3, 0.4) is 0 Å². The van der Waals surface area contributed by atoms with Gasteiger partial charge in [0.15, 0.2) is 4.96 Å². The fraction of sp³-hybridized carbons (Fsp3) is 0.154. The van der Waals surface area contributed by atoms with Gasteiger partial charge in [-0.15, -0.1) is 11.3 Å². The second-order valence-corrected chi connectivity index (χ2v) is 4.77. The summed E-state index contributed by atoms with van der Waals surface area (Å²) in [5, 5.41) is 2.01. The molecule has 18 heavy (non-hydrogen) atoms. The Morgan fingerprint density at radius 3 is 2.78 bits per heavy atom. The Morgan fingerprint density at radius 1 is 1.33 bits per heavy atom. The third-order valence-electron chi connectivity index (χ3n) is 2.92. The number of imidazole rings is 1. The van der Waals surface area contributed by atoms with Crippen molar-refractivity contribution in [1.29, 1.82) is 0 Å². The van der Waals surface area contributed by atoms with Crippen LogP contribution in [0.5, 0.6) is 5.75 Å². The quantitative estimate of drug-likeness (QED) is 0.786. The van der Waals surface area contributed by atoms with Crippen LogP contribution in [-0.2, 0) is 6.54 Å². The molecule has 0 aliphatic heterocycles. The van der Waals surface area contributed by atoms with E-state index in [4.69, 9.17) is 10.5 Å². The van der Waals surface area contributed by atoms with E-state index < -0.39 is 0 Å². The Labute approximate surface area is 109 Å². The number of hydrogen-bond donors (Lipinski definition) is 1. The van der Waals surface area contributed by atoms with Crippen molar-refractivity contribution in [3.05, 3.63) is 41.5 Å². The molecule has 0 saturated heterocycles. The summed E-state index contributed by atoms with van der Waals surface area (Å²) in [6, 6.07) is 7.88. The summed E-state index contributed by atoms with van der Waals surface area (Å²) >= 11 is 1.61. The fourth-order valence-electron chi connectivity index (χ4n) is 2.01. The molecular weight excluding hydrogens is 246 g/mol. The van der Waals surface area contributed by atoms with Crippen molar-refractivity contribution in [2.45, 2.75) is 6.54 Å². The molecule has 2 aromatic heterocycles. The molecule has 4 nitrogen and oxygen atoms in total. The molecule has 92 valence electrons. The van der Waals surface area contributed by atoms with E-state index in [-0.39, 0.29) is 0 Å². The lowest BCUT2D eigenvalue weighted by Crippen LogP contribution is -2.01. The van der Waals surface area contributed by atoms with Crippen LogP contribution in [0.15, 0.2) is 35.8 Å². The number of hydrogen-bond acceptors (Lipinski definition) is 4. The van der Waals surface area contributed by atoms with Crippen LogP contribution in [0, 0.1) is 0 Å². The van der Waals surface area contributed by atoms with E-state index in [2.05, 4.69) is 4.98 Å². The van der Waals surface area contributed by atoms with Crippen LogP contribution < -0.4 is 10.5 Å². The van der Waals surface area contributed by atoms with Crippen LogP contribution in [0.25, 0.3) is 16.2 Å². The van der Waals surface area contributed by atoms with Gasteiger partial charge < -0.3 is 10.5 Å². The summed E-state index contributed by atoms with van der Waals surface area (Å²) in [4.78, 5) is 5.60. The molecule has 0 unspecified atom stereocenters. The smallest absolute Gasteiger partial charge is 0.194 e. The zero-order chi connectivity index (χ0) is 12.5. The number of methoxy groups -OCH3 is 1. The van der Waals surface area contributed by atoms with Gasteiger partial charge in [0, 0.05) is 23.7 Å². The minimum Gasteiger partial charge on any atom is -0.497 e. The van der Waals surface area contributed by atoms with E-state index in [0.29, 0.717) is 6.54 Å². The maximum Gasteiger partial charge on any atom is 0.194 e. The van der Waals surface area contributed by atoms with Crippen molar-refractivity contribution in [1.82, 2.24) is 9.38 Å². The number of thiazole rings is 1. The second kappa shape index (κ2) is 4.44. The highest BCUT2D eigenvalue weighted by atomic mass is 32.1. The van der Waals surface area contributed by atoms with Gasteiger partial charge in [-0.25, -0.2) is 4.98 Å². The fourth-order valence-corrected chi connectivity index (χ4v) is 2.74. The number of ether oxygens (including phenoxy) is 1. The van der Waals surface area contributed by atoms with E-state index in [1.165, 1.54) is 0 Å². The topological polar surface area (TPSA) is 52.5 Å². The van der Waals surface area contributed by atoms with Gasteiger partial charge in [-0.05, 0) is 24.3 Å². The first-order valence-electron chi connectivity index (χ1n) is 5.62. The second-order valence-electron chi connectivity index (χ2n) is 3.90. The van der Waals surface area contributed by atoms with E-state index in [1.807, 2.05) is 40.2 Å². The molecule has 1 aromatic carbocycles. The van der Waals surface area contributed by atoms with Gasteiger partial charge in [0.2, 0.25) is 0 Å². The first kappa shape index (κ1) is 11.3. The number of aromatic nitrogens is 2. The zero-order valence-electron chi connectivity index (χ0n) is 9.96. The van der Waals surface area contributed by atoms with Crippen molar-refractivity contribution in [2.24, 2.45) is 5.73 Å². The maximum atomic E-state index is 5.83. The van der Waals surface area contributed by atoms with E-state index >= 15 is 0 Å². The summed E-state index contributed by atoms with van der Waals surface area (Å²) in [5.74, 6) is 0.842. The predicted octanol–water partition coefficient (Wildman–Crippen LogP) is 2.53. The number of fused-ring (bicyclic) bond motifs is 1. The molecular formula is C13H13N3OS. The first-order valence-corrected chi connectivity index (χ1v) is 6.50. The Bertz CT molecular complexity index is 669. The van der Waals surface area contributed by atoms with E-state index in [0.717, 1.165) is 27.7 Å². The largest absolute Gasteiger partial charge is 0.497 e. The molecule has 3 aromatic rings. The lowest BCUT2D eigenvalue weighted by molar-refractivity contribution is 0.415. The van der Waals surface area contributed by atoms with Crippen molar-refractivity contribution < 1.29 is 4.74 Å². The predicted molar refractivity (Wildman–Crippen MR) is 72.9 cm³/mol. The molecule has 0 atom stereocenters. The highest BCUT2D eigenvalue weighted by Gasteiger charge is 2.13. The van der Waals surface area contributed by atoms with Crippen LogP contribution in [0.2, 0.25) is 0 Å². The number of rotatable bonds is 3. The molecule has 0 aliphatic carbocycles. The average molecular weight is 259 g/mol. The van der Waals surface area contributed by atoms with Gasteiger partial charge in [-0.3, -0.25) is 4.40 Å². The maximum absolute atomic E-state index is 5.83. The zero-order valence-corrected chi connectivity index (χ0v) is 10.8. The van der Waals surface area contributed by atoms with Crippen molar-refractivity contribution in [2.75, 3.05) is 7.11 Å². The minimum absolute atomic E-state index is 0.471. The number of nitrogens with two attached hydrogens (primary N) is 1. The SMILES string of the molecule is COc1ccc(-c2nc3sccn3c2CN)cc1. The highest BCUT2D eigenvalue weighted by molar-refractivity contribution is 7.15. The minimum atomic E-state index is 0.471. The van der Waals surface area contributed by atoms with E-state index in [9.17, 15) is 0 Å². The molecule has 0 fully saturated rings. The van der Waals surface area contributed by atoms with Crippen LogP contribution in [0.1, 0.15) is 5.69 Å². The van der Waals surface area contributed by atoms with Crippen LogP contribution in [0.4, 0.5) is 0 Å². The summed E-state index contributed by atoms with van der Waals surface area (Å²) in [6.07, 6.45) is 2.00. The Morgan fingerprint density at radius 2 is 2.11 bits per heavy atom. The Balaban J connectivity index is 2.14. The van der Waals surface area contributed by atoms with Gasteiger partial charge >= 0.3 is 0 Å². The number of nitrogens with zero attached hydrogens (tertiary/aromatic N) is 2. The van der Waals surface area contributed by atoms with Gasteiger partial charge in [0.25, 0.3) is 0 Å². The van der Waals surface area contributed by atoms with Crippen LogP contribution >= 0.6 is 11.3 Å². The average Bonchev–Trinajstić information content (AvgIpc) is 2.98. The summed E-state index contributed by atoms with van der Waals surface area (Å²) < 4.78 is 7.20. The summed E-state index contributed by atoms with van der Waals surface area (Å²) in [6.45, 7) is 0.471. The third-order valence-corrected chi connectivity index (χ3v) is 3.67. The summed E-state index contributed by atoms with van der Waals surface area (Å²) in [7, 11) is 1.66. The molecule has 5 heteroatoms. The van der Waals surface area contributed by atoms with E-state index in [1.54, 1.807) is 18.4 Å². The molecule has 0 aliphatic rings. The molecule has 0 saturated carbocycles. The standard InChI is InChI=1S/C13H13N3OS/c1-17-10-4-2-9(3-5-10)12-11(8-14)16-6-7-18-13(16)15-12/h2-7H,8,14H2,1H3. The molecule has 0 amide bonds. The first-order chi connectivity index (χ1) is 8.83. The molecule has 2 N–H and O–H groups in total. The lowest BCUT2D eigenvalue weighted by atomic mass is 10.1.